The van der Waals surface area contributed by atoms with Crippen LogP contribution in [-0.2, 0) is 6.54 Å². The molecule has 9 heteroatoms. The van der Waals surface area contributed by atoms with Crippen molar-refractivity contribution >= 4 is 11.6 Å². The first-order valence-corrected chi connectivity index (χ1v) is 7.85. The smallest absolute Gasteiger partial charge is 0.387 e. The van der Waals surface area contributed by atoms with Crippen molar-refractivity contribution in [2.24, 2.45) is 0 Å². The molecule has 0 spiro atoms. The van der Waals surface area contributed by atoms with Crippen LogP contribution < -0.4 is 9.47 Å². The van der Waals surface area contributed by atoms with E-state index >= 15 is 0 Å². The van der Waals surface area contributed by atoms with Crippen LogP contribution in [0.3, 0.4) is 0 Å². The molecule has 2 rings (SSSR count). The fraction of sp³-hybridized carbons (Fsp3) is 0.278. The summed E-state index contributed by atoms with van der Waals surface area (Å²) >= 11 is 0. The van der Waals surface area contributed by atoms with E-state index in [9.17, 15) is 23.7 Å². The number of carbonyl (C=O) groups excluding carboxylic acids is 1. The van der Waals surface area contributed by atoms with E-state index in [-0.39, 0.29) is 17.9 Å². The Labute approximate surface area is 154 Å². The van der Waals surface area contributed by atoms with Crippen LogP contribution >= 0.6 is 0 Å². The summed E-state index contributed by atoms with van der Waals surface area (Å²) in [5.74, 6) is -1.37. The second-order valence-corrected chi connectivity index (χ2v) is 5.80. The third-order valence-corrected chi connectivity index (χ3v) is 3.81. The highest BCUT2D eigenvalue weighted by molar-refractivity contribution is 5.99. The lowest BCUT2D eigenvalue weighted by Gasteiger charge is -2.18. The van der Waals surface area contributed by atoms with Gasteiger partial charge in [-0.15, -0.1) is 0 Å². The fourth-order valence-electron chi connectivity index (χ4n) is 2.46. The zero-order valence-corrected chi connectivity index (χ0v) is 14.9. The molecule has 0 heterocycles. The summed E-state index contributed by atoms with van der Waals surface area (Å²) in [5, 5.41) is 11.3. The number of methoxy groups -OCH3 is 1. The molecule has 0 fully saturated rings. The van der Waals surface area contributed by atoms with Crippen molar-refractivity contribution < 1.29 is 28.0 Å². The van der Waals surface area contributed by atoms with E-state index in [0.29, 0.717) is 0 Å². The van der Waals surface area contributed by atoms with Crippen LogP contribution in [0.5, 0.6) is 11.5 Å². The Hall–Kier alpha value is -3.23. The van der Waals surface area contributed by atoms with Gasteiger partial charge in [-0.05, 0) is 12.5 Å². The number of hydrogen-bond acceptors (Lipinski definition) is 5. The highest BCUT2D eigenvalue weighted by Crippen LogP contribution is 2.36. The van der Waals surface area contributed by atoms with Gasteiger partial charge in [0.15, 0.2) is 11.5 Å². The van der Waals surface area contributed by atoms with Gasteiger partial charge in [0, 0.05) is 19.7 Å². The maximum Gasteiger partial charge on any atom is 0.387 e. The van der Waals surface area contributed by atoms with Crippen molar-refractivity contribution in [3.8, 4) is 11.5 Å². The molecular weight excluding hydrogens is 362 g/mol. The van der Waals surface area contributed by atoms with Gasteiger partial charge in [-0.25, -0.2) is 0 Å². The van der Waals surface area contributed by atoms with E-state index in [1.807, 2.05) is 31.2 Å². The number of alkyl halides is 2. The van der Waals surface area contributed by atoms with Gasteiger partial charge in [0.1, 0.15) is 5.56 Å². The van der Waals surface area contributed by atoms with Crippen LogP contribution in [-0.4, -0.2) is 36.5 Å². The van der Waals surface area contributed by atoms with E-state index in [1.54, 1.807) is 0 Å². The molecule has 0 saturated heterocycles. The summed E-state index contributed by atoms with van der Waals surface area (Å²) in [6.07, 6.45) is 0. The Morgan fingerprint density at radius 3 is 2.37 bits per heavy atom. The van der Waals surface area contributed by atoms with E-state index in [1.165, 1.54) is 19.1 Å². The number of hydrogen-bond donors (Lipinski definition) is 0. The van der Waals surface area contributed by atoms with Gasteiger partial charge in [0.25, 0.3) is 11.6 Å². The minimum Gasteiger partial charge on any atom is -0.493 e. The Morgan fingerprint density at radius 2 is 1.85 bits per heavy atom. The number of carbonyl (C=O) groups is 1. The Morgan fingerprint density at radius 1 is 1.22 bits per heavy atom. The van der Waals surface area contributed by atoms with Gasteiger partial charge in [-0.2, -0.15) is 8.78 Å². The van der Waals surface area contributed by atoms with E-state index in [4.69, 9.17) is 4.74 Å². The number of nitro benzene ring substituents is 1. The first-order valence-electron chi connectivity index (χ1n) is 7.85. The SMILES string of the molecule is COc1cc(C(=O)N(C)Cc2ccc(C)cc2)c([N+](=O)[O-])cc1OC(F)F. The number of rotatable bonds is 7. The number of aryl methyl sites for hydroxylation is 1. The zero-order chi connectivity index (χ0) is 20.1. The average molecular weight is 380 g/mol. The van der Waals surface area contributed by atoms with Crippen LogP contribution in [0.2, 0.25) is 0 Å². The molecule has 0 aliphatic carbocycles. The number of ether oxygens (including phenoxy) is 2. The Balaban J connectivity index is 2.37. The standard InChI is InChI=1S/C18H18F2N2O5/c1-11-4-6-12(7-5-11)10-21(2)17(23)13-8-15(26-3)16(27-18(19)20)9-14(13)22(24)25/h4-9,18H,10H2,1-3H3. The lowest BCUT2D eigenvalue weighted by atomic mass is 10.1. The molecule has 0 aliphatic heterocycles. The van der Waals surface area contributed by atoms with Crippen molar-refractivity contribution in [2.75, 3.05) is 14.2 Å². The molecule has 0 unspecified atom stereocenters. The van der Waals surface area contributed by atoms with Crippen LogP contribution in [0.1, 0.15) is 21.5 Å². The molecule has 0 saturated carbocycles. The molecule has 1 amide bonds. The lowest BCUT2D eigenvalue weighted by molar-refractivity contribution is -0.385. The van der Waals surface area contributed by atoms with Crippen molar-refractivity contribution in [3.05, 3.63) is 63.2 Å². The van der Waals surface area contributed by atoms with Crippen LogP contribution in [0, 0.1) is 17.0 Å². The summed E-state index contributed by atoms with van der Waals surface area (Å²) in [6.45, 7) is -1.05. The highest BCUT2D eigenvalue weighted by Gasteiger charge is 2.27. The van der Waals surface area contributed by atoms with Gasteiger partial charge in [-0.1, -0.05) is 29.8 Å². The quantitative estimate of drug-likeness (QED) is 0.539. The van der Waals surface area contributed by atoms with Gasteiger partial charge in [0.05, 0.1) is 18.1 Å². The normalized spacial score (nSPS) is 10.6. The Bertz CT molecular complexity index is 840. The van der Waals surface area contributed by atoms with E-state index in [2.05, 4.69) is 4.74 Å². The monoisotopic (exact) mass is 380 g/mol. The van der Waals surface area contributed by atoms with Crippen molar-refractivity contribution in [1.29, 1.82) is 0 Å². The van der Waals surface area contributed by atoms with E-state index < -0.39 is 28.9 Å². The van der Waals surface area contributed by atoms with Gasteiger partial charge < -0.3 is 14.4 Å². The van der Waals surface area contributed by atoms with E-state index in [0.717, 1.165) is 23.3 Å². The molecule has 0 aliphatic rings. The number of benzene rings is 2. The molecule has 0 bridgehead atoms. The molecule has 7 nitrogen and oxygen atoms in total. The maximum absolute atomic E-state index is 12.7. The van der Waals surface area contributed by atoms with Crippen molar-refractivity contribution in [3.63, 3.8) is 0 Å². The Kier molecular flexibility index (Phi) is 6.27. The number of nitro groups is 1. The van der Waals surface area contributed by atoms with Crippen molar-refractivity contribution in [1.82, 2.24) is 4.90 Å². The molecule has 2 aromatic rings. The zero-order valence-electron chi connectivity index (χ0n) is 14.9. The highest BCUT2D eigenvalue weighted by atomic mass is 19.3. The summed E-state index contributed by atoms with van der Waals surface area (Å²) in [6, 6.07) is 9.24. The lowest BCUT2D eigenvalue weighted by Crippen LogP contribution is -2.27. The van der Waals surface area contributed by atoms with Crippen molar-refractivity contribution in [2.45, 2.75) is 20.1 Å². The minimum atomic E-state index is -3.19. The topological polar surface area (TPSA) is 81.9 Å². The number of amides is 1. The van der Waals surface area contributed by atoms with Gasteiger partial charge >= 0.3 is 6.61 Å². The first-order chi connectivity index (χ1) is 12.7. The summed E-state index contributed by atoms with van der Waals surface area (Å²) in [7, 11) is 2.67. The molecule has 0 atom stereocenters. The molecule has 0 aromatic heterocycles. The first kappa shape index (κ1) is 20.1. The second kappa shape index (κ2) is 8.43. The minimum absolute atomic E-state index is 0.201. The van der Waals surface area contributed by atoms with Gasteiger partial charge in [-0.3, -0.25) is 14.9 Å². The molecule has 0 N–H and O–H groups in total. The molecule has 2 aromatic carbocycles. The largest absolute Gasteiger partial charge is 0.493 e. The molecular formula is C18H18F2N2O5. The summed E-state index contributed by atoms with van der Waals surface area (Å²) in [5.41, 5.74) is 0.965. The third-order valence-electron chi connectivity index (χ3n) is 3.81. The number of nitrogens with zero attached hydrogens (tertiary/aromatic N) is 2. The van der Waals surface area contributed by atoms with Crippen LogP contribution in [0.4, 0.5) is 14.5 Å². The predicted octanol–water partition coefficient (Wildman–Crippen LogP) is 3.79. The second-order valence-electron chi connectivity index (χ2n) is 5.80. The van der Waals surface area contributed by atoms with Crippen LogP contribution in [0.15, 0.2) is 36.4 Å². The predicted molar refractivity (Wildman–Crippen MR) is 93.3 cm³/mol. The maximum atomic E-state index is 12.7. The average Bonchev–Trinajstić information content (AvgIpc) is 2.62. The third kappa shape index (κ3) is 4.90. The van der Waals surface area contributed by atoms with Gasteiger partial charge in [0.2, 0.25) is 0 Å². The summed E-state index contributed by atoms with van der Waals surface area (Å²) in [4.78, 5) is 24.5. The number of halogens is 2. The molecule has 27 heavy (non-hydrogen) atoms. The summed E-state index contributed by atoms with van der Waals surface area (Å²) < 4.78 is 34.2. The molecule has 0 radical (unpaired) electrons. The van der Waals surface area contributed by atoms with Crippen LogP contribution in [0.25, 0.3) is 0 Å². The molecule has 144 valence electrons. The fourth-order valence-corrected chi connectivity index (χ4v) is 2.46.